The molecule has 1 saturated carbocycles. The monoisotopic (exact) mass is 329 g/mol. The number of nitrogens with one attached hydrogen (secondary N) is 1. The molecule has 6 heteroatoms. The van der Waals surface area contributed by atoms with Crippen LogP contribution < -0.4 is 5.32 Å². The zero-order valence-electron chi connectivity index (χ0n) is 13.7. The highest BCUT2D eigenvalue weighted by Crippen LogP contribution is 2.28. The number of piperazine rings is 1. The zero-order valence-corrected chi connectivity index (χ0v) is 13.7. The number of carbonyl (C=O) groups excluding carboxylic acids is 3. The third kappa shape index (κ3) is 3.75. The van der Waals surface area contributed by atoms with Gasteiger partial charge in [-0.05, 0) is 25.0 Å². The number of amides is 3. The summed E-state index contributed by atoms with van der Waals surface area (Å²) in [6.45, 7) is 2.25. The van der Waals surface area contributed by atoms with E-state index in [2.05, 4.69) is 5.32 Å². The second kappa shape index (κ2) is 7.47. The lowest BCUT2D eigenvalue weighted by Crippen LogP contribution is -2.54. The van der Waals surface area contributed by atoms with E-state index >= 15 is 0 Å². The van der Waals surface area contributed by atoms with Crippen LogP contribution in [0.15, 0.2) is 30.3 Å². The molecule has 2 fully saturated rings. The minimum atomic E-state index is -0.247. The second-order valence-electron chi connectivity index (χ2n) is 6.38. The van der Waals surface area contributed by atoms with E-state index in [1.807, 2.05) is 11.0 Å². The Morgan fingerprint density at radius 1 is 0.958 bits per heavy atom. The van der Waals surface area contributed by atoms with Gasteiger partial charge in [-0.25, -0.2) is 0 Å². The molecule has 1 N–H and O–H groups in total. The van der Waals surface area contributed by atoms with E-state index < -0.39 is 0 Å². The predicted molar refractivity (Wildman–Crippen MR) is 89.3 cm³/mol. The molecule has 3 amide bonds. The van der Waals surface area contributed by atoms with Crippen LogP contribution in [0.1, 0.15) is 29.6 Å². The molecule has 0 spiro atoms. The molecular weight excluding hydrogens is 306 g/mol. The van der Waals surface area contributed by atoms with Crippen molar-refractivity contribution in [2.75, 3.05) is 32.7 Å². The Kier molecular flexibility index (Phi) is 5.13. The maximum absolute atomic E-state index is 12.2. The maximum atomic E-state index is 12.2. The van der Waals surface area contributed by atoms with Crippen molar-refractivity contribution in [1.29, 1.82) is 0 Å². The molecule has 1 aliphatic carbocycles. The van der Waals surface area contributed by atoms with E-state index in [1.165, 1.54) is 0 Å². The van der Waals surface area contributed by atoms with Gasteiger partial charge in [0, 0.05) is 37.7 Å². The predicted octanol–water partition coefficient (Wildman–Crippen LogP) is 0.887. The van der Waals surface area contributed by atoms with Gasteiger partial charge in [-0.2, -0.15) is 0 Å². The molecular formula is C18H23N3O3. The molecule has 24 heavy (non-hydrogen) atoms. The fourth-order valence-corrected chi connectivity index (χ4v) is 3.05. The van der Waals surface area contributed by atoms with Gasteiger partial charge >= 0.3 is 0 Å². The molecule has 1 aromatic rings. The van der Waals surface area contributed by atoms with Crippen LogP contribution in [0, 0.1) is 5.92 Å². The van der Waals surface area contributed by atoms with Gasteiger partial charge in [-0.1, -0.05) is 24.6 Å². The van der Waals surface area contributed by atoms with Crippen LogP contribution in [0.4, 0.5) is 0 Å². The lowest BCUT2D eigenvalue weighted by molar-refractivity contribution is -0.143. The fourth-order valence-electron chi connectivity index (χ4n) is 3.05. The highest BCUT2D eigenvalue weighted by atomic mass is 16.2. The standard InChI is InChI=1S/C18H23N3O3/c22-16(13-19-17(23)14-5-2-1-3-6-14)20-9-11-21(12-10-20)18(24)15-7-4-8-15/h1-3,5-6,15H,4,7-13H2,(H,19,23). The van der Waals surface area contributed by atoms with Gasteiger partial charge < -0.3 is 15.1 Å². The van der Waals surface area contributed by atoms with Crippen LogP contribution >= 0.6 is 0 Å². The van der Waals surface area contributed by atoms with Gasteiger partial charge in [0.1, 0.15) is 0 Å². The van der Waals surface area contributed by atoms with E-state index in [1.54, 1.807) is 29.2 Å². The Labute approximate surface area is 141 Å². The van der Waals surface area contributed by atoms with Crippen LogP contribution in [-0.4, -0.2) is 60.2 Å². The quantitative estimate of drug-likeness (QED) is 0.892. The lowest BCUT2D eigenvalue weighted by Gasteiger charge is -2.38. The first-order valence-electron chi connectivity index (χ1n) is 8.55. The van der Waals surface area contributed by atoms with Crippen molar-refractivity contribution in [3.05, 3.63) is 35.9 Å². The molecule has 0 atom stereocenters. The third-order valence-electron chi connectivity index (χ3n) is 4.83. The third-order valence-corrected chi connectivity index (χ3v) is 4.83. The van der Waals surface area contributed by atoms with E-state index in [0.717, 1.165) is 19.3 Å². The van der Waals surface area contributed by atoms with Gasteiger partial charge in [0.2, 0.25) is 11.8 Å². The number of hydrogen-bond donors (Lipinski definition) is 1. The number of hydrogen-bond acceptors (Lipinski definition) is 3. The van der Waals surface area contributed by atoms with Crippen molar-refractivity contribution < 1.29 is 14.4 Å². The Morgan fingerprint density at radius 2 is 1.58 bits per heavy atom. The number of rotatable bonds is 4. The Bertz CT molecular complexity index is 605. The topological polar surface area (TPSA) is 69.7 Å². The first kappa shape index (κ1) is 16.5. The van der Waals surface area contributed by atoms with Crippen molar-refractivity contribution in [2.24, 2.45) is 5.92 Å². The van der Waals surface area contributed by atoms with Crippen LogP contribution in [0.2, 0.25) is 0 Å². The van der Waals surface area contributed by atoms with Gasteiger partial charge in [0.05, 0.1) is 6.54 Å². The van der Waals surface area contributed by atoms with Crippen molar-refractivity contribution in [3.8, 4) is 0 Å². The number of benzene rings is 1. The molecule has 128 valence electrons. The molecule has 1 heterocycles. The summed E-state index contributed by atoms with van der Waals surface area (Å²) >= 11 is 0. The normalized spacial score (nSPS) is 18.0. The fraction of sp³-hybridized carbons (Fsp3) is 0.500. The zero-order chi connectivity index (χ0) is 16.9. The van der Waals surface area contributed by atoms with Gasteiger partial charge in [-0.3, -0.25) is 14.4 Å². The molecule has 1 aromatic carbocycles. The van der Waals surface area contributed by atoms with Crippen molar-refractivity contribution in [3.63, 3.8) is 0 Å². The van der Waals surface area contributed by atoms with Crippen molar-refractivity contribution >= 4 is 17.7 Å². The molecule has 0 unspecified atom stereocenters. The summed E-state index contributed by atoms with van der Waals surface area (Å²) in [5, 5.41) is 2.66. The first-order valence-corrected chi connectivity index (χ1v) is 8.55. The Hall–Kier alpha value is -2.37. The molecule has 0 radical (unpaired) electrons. The Balaban J connectivity index is 1.42. The van der Waals surface area contributed by atoms with Gasteiger partial charge in [0.25, 0.3) is 5.91 Å². The highest BCUT2D eigenvalue weighted by molar-refractivity contribution is 5.96. The van der Waals surface area contributed by atoms with E-state index in [9.17, 15) is 14.4 Å². The highest BCUT2D eigenvalue weighted by Gasteiger charge is 2.31. The number of nitrogens with zero attached hydrogens (tertiary/aromatic N) is 2. The van der Waals surface area contributed by atoms with E-state index in [4.69, 9.17) is 0 Å². The maximum Gasteiger partial charge on any atom is 0.251 e. The molecule has 3 rings (SSSR count). The van der Waals surface area contributed by atoms with Gasteiger partial charge in [0.15, 0.2) is 0 Å². The molecule has 6 nitrogen and oxygen atoms in total. The van der Waals surface area contributed by atoms with Crippen LogP contribution in [0.3, 0.4) is 0 Å². The average molecular weight is 329 g/mol. The molecule has 1 aliphatic heterocycles. The van der Waals surface area contributed by atoms with Crippen molar-refractivity contribution in [2.45, 2.75) is 19.3 Å². The summed E-state index contributed by atoms with van der Waals surface area (Å²) in [6.07, 6.45) is 3.16. The van der Waals surface area contributed by atoms with Crippen molar-refractivity contribution in [1.82, 2.24) is 15.1 Å². The average Bonchev–Trinajstić information content (AvgIpc) is 2.58. The van der Waals surface area contributed by atoms with E-state index in [-0.39, 0.29) is 30.2 Å². The summed E-state index contributed by atoms with van der Waals surface area (Å²) in [5.41, 5.74) is 0.543. The smallest absolute Gasteiger partial charge is 0.251 e. The van der Waals surface area contributed by atoms with E-state index in [0.29, 0.717) is 31.7 Å². The summed E-state index contributed by atoms with van der Waals surface area (Å²) in [4.78, 5) is 40.0. The molecule has 0 aromatic heterocycles. The minimum Gasteiger partial charge on any atom is -0.343 e. The minimum absolute atomic E-state index is 0.00962. The lowest BCUT2D eigenvalue weighted by atomic mass is 9.84. The Morgan fingerprint density at radius 3 is 2.17 bits per heavy atom. The SMILES string of the molecule is O=C(NCC(=O)N1CCN(C(=O)C2CCC2)CC1)c1ccccc1. The van der Waals surface area contributed by atoms with Crippen LogP contribution in [0.25, 0.3) is 0 Å². The van der Waals surface area contributed by atoms with Gasteiger partial charge in [-0.15, -0.1) is 0 Å². The number of carbonyl (C=O) groups is 3. The summed E-state index contributed by atoms with van der Waals surface area (Å²) in [6, 6.07) is 8.84. The molecule has 1 saturated heterocycles. The summed E-state index contributed by atoms with van der Waals surface area (Å²) in [7, 11) is 0. The molecule has 2 aliphatic rings. The summed E-state index contributed by atoms with van der Waals surface area (Å²) < 4.78 is 0. The molecule has 0 bridgehead atoms. The second-order valence-corrected chi connectivity index (χ2v) is 6.38. The summed E-state index contributed by atoms with van der Waals surface area (Å²) in [5.74, 6) is 0.0981. The largest absolute Gasteiger partial charge is 0.343 e. The first-order chi connectivity index (χ1) is 11.6. The van der Waals surface area contributed by atoms with Crippen LogP contribution in [0.5, 0.6) is 0 Å². The van der Waals surface area contributed by atoms with Crippen LogP contribution in [-0.2, 0) is 9.59 Å².